The molecular weight excluding hydrogens is 170 g/mol. The average Bonchev–Trinajstić information content (AvgIpc) is 2.53. The number of nitriles is 1. The summed E-state index contributed by atoms with van der Waals surface area (Å²) in [6.07, 6.45) is 0.432. The van der Waals surface area contributed by atoms with Gasteiger partial charge < -0.3 is 0 Å². The van der Waals surface area contributed by atoms with Crippen LogP contribution in [0, 0.1) is 11.3 Å². The lowest BCUT2D eigenvalue weighted by molar-refractivity contribution is 1.20. The summed E-state index contributed by atoms with van der Waals surface area (Å²) in [6, 6.07) is 7.85. The van der Waals surface area contributed by atoms with Gasteiger partial charge in [-0.05, 0) is 23.2 Å². The molecule has 2 rings (SSSR count). The van der Waals surface area contributed by atoms with Gasteiger partial charge in [-0.2, -0.15) is 5.26 Å². The second kappa shape index (κ2) is 2.88. The summed E-state index contributed by atoms with van der Waals surface area (Å²) in [4.78, 5) is 0. The maximum Gasteiger partial charge on any atom is 0.106 e. The molecule has 0 saturated carbocycles. The minimum Gasteiger partial charge on any atom is -0.198 e. The van der Waals surface area contributed by atoms with E-state index in [9.17, 15) is 0 Å². The Balaban J connectivity index is 2.67. The van der Waals surface area contributed by atoms with Crippen LogP contribution in [0.1, 0.15) is 5.56 Å². The van der Waals surface area contributed by atoms with Crippen molar-refractivity contribution in [2.45, 2.75) is 6.42 Å². The number of rotatable bonds is 1. The van der Waals surface area contributed by atoms with Gasteiger partial charge in [0.2, 0.25) is 0 Å². The number of fused-ring (bicyclic) bond motifs is 1. The number of hydrogen-bond acceptors (Lipinski definition) is 4. The molecule has 1 aromatic carbocycles. The maximum absolute atomic E-state index is 8.53. The van der Waals surface area contributed by atoms with E-state index >= 15 is 0 Å². The fourth-order valence-electron chi connectivity index (χ4n) is 1.09. The fourth-order valence-corrected chi connectivity index (χ4v) is 1.76. The molecule has 0 fully saturated rings. The lowest BCUT2D eigenvalue weighted by atomic mass is 10.1. The molecule has 0 N–H and O–H groups in total. The van der Waals surface area contributed by atoms with E-state index in [0.717, 1.165) is 15.8 Å². The van der Waals surface area contributed by atoms with Crippen molar-refractivity contribution in [3.63, 3.8) is 0 Å². The standard InChI is InChI=1S/C8H5N3S/c9-5-4-6-2-1-3-7-8(6)12-11-10-7/h1-3H,4H2. The van der Waals surface area contributed by atoms with E-state index in [4.69, 9.17) is 5.26 Å². The van der Waals surface area contributed by atoms with Crippen molar-refractivity contribution in [3.05, 3.63) is 23.8 Å². The van der Waals surface area contributed by atoms with Crippen molar-refractivity contribution in [1.82, 2.24) is 9.59 Å². The highest BCUT2D eigenvalue weighted by molar-refractivity contribution is 7.13. The van der Waals surface area contributed by atoms with Crippen LogP contribution in [0.4, 0.5) is 0 Å². The molecule has 0 aliphatic rings. The molecule has 0 atom stereocenters. The molecule has 4 heteroatoms. The van der Waals surface area contributed by atoms with E-state index < -0.39 is 0 Å². The summed E-state index contributed by atoms with van der Waals surface area (Å²) >= 11 is 1.34. The van der Waals surface area contributed by atoms with Gasteiger partial charge in [0, 0.05) is 0 Å². The van der Waals surface area contributed by atoms with Gasteiger partial charge in [-0.3, -0.25) is 0 Å². The number of benzene rings is 1. The third-order valence-electron chi connectivity index (χ3n) is 1.63. The Morgan fingerprint density at radius 1 is 1.50 bits per heavy atom. The van der Waals surface area contributed by atoms with Gasteiger partial charge in [-0.1, -0.05) is 16.6 Å². The predicted octanol–water partition coefficient (Wildman–Crippen LogP) is 1.76. The Kier molecular flexibility index (Phi) is 1.72. The van der Waals surface area contributed by atoms with Crippen molar-refractivity contribution >= 4 is 21.7 Å². The summed E-state index contributed by atoms with van der Waals surface area (Å²) in [7, 11) is 0. The number of hydrogen-bond donors (Lipinski definition) is 0. The first-order valence-electron chi connectivity index (χ1n) is 3.49. The third kappa shape index (κ3) is 1.04. The van der Waals surface area contributed by atoms with Crippen LogP contribution in [0.25, 0.3) is 10.2 Å². The normalized spacial score (nSPS) is 9.92. The summed E-state index contributed by atoms with van der Waals surface area (Å²) in [6.45, 7) is 0. The van der Waals surface area contributed by atoms with Gasteiger partial charge in [0.15, 0.2) is 0 Å². The zero-order valence-corrected chi connectivity index (χ0v) is 7.01. The van der Waals surface area contributed by atoms with Gasteiger partial charge in [0.25, 0.3) is 0 Å². The van der Waals surface area contributed by atoms with Crippen LogP contribution >= 0.6 is 11.5 Å². The monoisotopic (exact) mass is 175 g/mol. The zero-order valence-electron chi connectivity index (χ0n) is 6.19. The SMILES string of the molecule is N#CCc1cccc2nnsc12. The van der Waals surface area contributed by atoms with Crippen LogP contribution in [-0.2, 0) is 6.42 Å². The van der Waals surface area contributed by atoms with Crippen LogP contribution in [0.3, 0.4) is 0 Å². The van der Waals surface area contributed by atoms with Crippen LogP contribution in [-0.4, -0.2) is 9.59 Å². The largest absolute Gasteiger partial charge is 0.198 e. The van der Waals surface area contributed by atoms with Gasteiger partial charge in [-0.25, -0.2) is 0 Å². The van der Waals surface area contributed by atoms with Crippen molar-refractivity contribution in [2.75, 3.05) is 0 Å². The Labute approximate surface area is 73.4 Å². The molecule has 0 radical (unpaired) electrons. The molecule has 58 valence electrons. The van der Waals surface area contributed by atoms with Gasteiger partial charge in [0.1, 0.15) is 5.52 Å². The fraction of sp³-hybridized carbons (Fsp3) is 0.125. The Hall–Kier alpha value is -1.47. The van der Waals surface area contributed by atoms with Crippen LogP contribution in [0.15, 0.2) is 18.2 Å². The Bertz CT molecular complexity index is 441. The van der Waals surface area contributed by atoms with Crippen molar-refractivity contribution in [2.24, 2.45) is 0 Å². The first-order valence-corrected chi connectivity index (χ1v) is 4.26. The molecule has 0 unspecified atom stereocenters. The van der Waals surface area contributed by atoms with Crippen molar-refractivity contribution in [3.8, 4) is 6.07 Å². The lowest BCUT2D eigenvalue weighted by Crippen LogP contribution is -1.80. The average molecular weight is 175 g/mol. The van der Waals surface area contributed by atoms with E-state index in [1.807, 2.05) is 18.2 Å². The third-order valence-corrected chi connectivity index (χ3v) is 2.44. The van der Waals surface area contributed by atoms with E-state index in [-0.39, 0.29) is 0 Å². The van der Waals surface area contributed by atoms with Crippen LogP contribution in [0.5, 0.6) is 0 Å². The second-order valence-electron chi connectivity index (χ2n) is 2.37. The molecule has 0 saturated heterocycles. The summed E-state index contributed by atoms with van der Waals surface area (Å²) < 4.78 is 4.85. The number of nitrogens with zero attached hydrogens (tertiary/aromatic N) is 3. The van der Waals surface area contributed by atoms with E-state index in [0.29, 0.717) is 6.42 Å². The summed E-state index contributed by atoms with van der Waals surface area (Å²) in [5.41, 5.74) is 1.90. The second-order valence-corrected chi connectivity index (χ2v) is 3.13. The smallest absolute Gasteiger partial charge is 0.106 e. The van der Waals surface area contributed by atoms with E-state index in [1.165, 1.54) is 11.5 Å². The quantitative estimate of drug-likeness (QED) is 0.663. The zero-order chi connectivity index (χ0) is 8.39. The van der Waals surface area contributed by atoms with E-state index in [2.05, 4.69) is 15.7 Å². The van der Waals surface area contributed by atoms with E-state index in [1.54, 1.807) is 0 Å². The molecule has 3 nitrogen and oxygen atoms in total. The van der Waals surface area contributed by atoms with Crippen molar-refractivity contribution < 1.29 is 0 Å². The topological polar surface area (TPSA) is 49.6 Å². The molecule has 2 aromatic rings. The Morgan fingerprint density at radius 3 is 3.25 bits per heavy atom. The highest BCUT2D eigenvalue weighted by Crippen LogP contribution is 2.20. The first-order chi connectivity index (χ1) is 5.92. The van der Waals surface area contributed by atoms with Crippen molar-refractivity contribution in [1.29, 1.82) is 5.26 Å². The summed E-state index contributed by atoms with van der Waals surface area (Å²) in [5.74, 6) is 0. The number of aromatic nitrogens is 2. The Morgan fingerprint density at radius 2 is 2.42 bits per heavy atom. The summed E-state index contributed by atoms with van der Waals surface area (Å²) in [5, 5.41) is 12.5. The highest BCUT2D eigenvalue weighted by atomic mass is 32.1. The lowest BCUT2D eigenvalue weighted by Gasteiger charge is -1.92. The predicted molar refractivity (Wildman–Crippen MR) is 46.7 cm³/mol. The first kappa shape index (κ1) is 7.19. The van der Waals surface area contributed by atoms with Crippen LogP contribution in [0.2, 0.25) is 0 Å². The minimum atomic E-state index is 0.432. The molecule has 1 heterocycles. The molecule has 1 aromatic heterocycles. The maximum atomic E-state index is 8.53. The molecule has 0 spiro atoms. The molecule has 0 aliphatic carbocycles. The molecule has 12 heavy (non-hydrogen) atoms. The van der Waals surface area contributed by atoms with Gasteiger partial charge in [0.05, 0.1) is 17.2 Å². The molecular formula is C8H5N3S. The molecule has 0 bridgehead atoms. The minimum absolute atomic E-state index is 0.432. The van der Waals surface area contributed by atoms with Gasteiger partial charge in [-0.15, -0.1) is 5.10 Å². The van der Waals surface area contributed by atoms with Gasteiger partial charge >= 0.3 is 0 Å². The molecule has 0 aliphatic heterocycles. The molecule has 0 amide bonds. The van der Waals surface area contributed by atoms with Crippen LogP contribution < -0.4 is 0 Å². The highest BCUT2D eigenvalue weighted by Gasteiger charge is 2.02.